The molecular weight excluding hydrogens is 795 g/mol. The lowest BCUT2D eigenvalue weighted by atomic mass is 10.00. The minimum Gasteiger partial charge on any atom is -0.309 e. The largest absolute Gasteiger partial charge is 0.309 e. The van der Waals surface area contributed by atoms with Crippen LogP contribution in [0.1, 0.15) is 5.56 Å². The van der Waals surface area contributed by atoms with Crippen LogP contribution in [0.2, 0.25) is 0 Å². The predicted molar refractivity (Wildman–Crippen MR) is 267 cm³/mol. The minimum atomic E-state index is -2.84. The molecule has 0 atom stereocenters. The molecule has 0 fully saturated rings. The summed E-state index contributed by atoms with van der Waals surface area (Å²) < 4.78 is 2.30. The molecule has 12 aromatic rings. The van der Waals surface area contributed by atoms with Crippen LogP contribution in [0.15, 0.2) is 224 Å². The number of rotatable bonds is 6. The third-order valence-corrected chi connectivity index (χ3v) is 17.5. The number of nitriles is 1. The Hall–Kier alpha value is -8.50. The molecule has 3 aromatic heterocycles. The SMILES string of the molecule is N#Cc1ccc2c3cc4cc(c5ccccc5c5nc(-c6cccc([Si](c7ccccc7)(c7ccccc7)c7ccccc7)c6)nc(n5)c5ccccc45)c3n(-c3ccccc3)c2c1. The van der Waals surface area contributed by atoms with Crippen molar-refractivity contribution in [3.63, 3.8) is 0 Å². The zero-order valence-corrected chi connectivity index (χ0v) is 35.6. The van der Waals surface area contributed by atoms with Gasteiger partial charge >= 0.3 is 0 Å². The Morgan fingerprint density at radius 2 is 0.891 bits per heavy atom. The van der Waals surface area contributed by atoms with E-state index in [1.165, 1.54) is 20.7 Å². The molecule has 0 amide bonds. The highest BCUT2D eigenvalue weighted by atomic mass is 28.3. The number of para-hydroxylation sites is 1. The van der Waals surface area contributed by atoms with Crippen LogP contribution in [0.5, 0.6) is 0 Å². The summed E-state index contributed by atoms with van der Waals surface area (Å²) in [6, 6.07) is 82.2. The highest BCUT2D eigenvalue weighted by molar-refractivity contribution is 7.19. The van der Waals surface area contributed by atoms with Crippen molar-refractivity contribution in [1.82, 2.24) is 19.5 Å². The molecule has 9 aromatic carbocycles. The fourth-order valence-corrected chi connectivity index (χ4v) is 14.8. The van der Waals surface area contributed by atoms with Crippen molar-refractivity contribution >= 4 is 94.2 Å². The molecule has 64 heavy (non-hydrogen) atoms. The van der Waals surface area contributed by atoms with Crippen LogP contribution in [0, 0.1) is 11.3 Å². The second kappa shape index (κ2) is 15.1. The van der Waals surface area contributed by atoms with Gasteiger partial charge in [-0.05, 0) is 73.3 Å². The molecule has 0 aliphatic carbocycles. The summed E-state index contributed by atoms with van der Waals surface area (Å²) in [5.41, 5.74) is 5.79. The van der Waals surface area contributed by atoms with Crippen molar-refractivity contribution in [2.75, 3.05) is 0 Å². The third kappa shape index (κ3) is 5.87. The molecular formula is C58H37N5Si. The second-order valence-electron chi connectivity index (χ2n) is 16.3. The zero-order chi connectivity index (χ0) is 42.6. The van der Waals surface area contributed by atoms with Crippen molar-refractivity contribution in [3.8, 4) is 23.1 Å². The number of hydrogen-bond acceptors (Lipinski definition) is 4. The number of benzene rings is 9. The van der Waals surface area contributed by atoms with Crippen LogP contribution in [-0.4, -0.2) is 27.6 Å². The maximum atomic E-state index is 10.1. The van der Waals surface area contributed by atoms with Crippen molar-refractivity contribution in [2.24, 2.45) is 0 Å². The average Bonchev–Trinajstić information content (AvgIpc) is 3.71. The second-order valence-corrected chi connectivity index (χ2v) is 20.1. The molecule has 0 spiro atoms. The molecule has 0 saturated carbocycles. The maximum Gasteiger partial charge on any atom is 0.179 e. The quantitative estimate of drug-likeness (QED) is 0.124. The molecule has 0 aliphatic rings. The van der Waals surface area contributed by atoms with Crippen LogP contribution in [0.3, 0.4) is 0 Å². The zero-order valence-electron chi connectivity index (χ0n) is 34.6. The summed E-state index contributed by atoms with van der Waals surface area (Å²) in [5, 5.41) is 23.4. The number of aromatic nitrogens is 4. The number of fused-ring (bicyclic) bond motifs is 14. The van der Waals surface area contributed by atoms with Gasteiger partial charge in [-0.25, -0.2) is 15.0 Å². The standard InChI is InChI=1S/C58H37N5Si/c59-38-39-32-33-49-53-37-41-36-52(55(53)63(54(49)34-39)42-19-5-1-6-20-42)48-29-14-16-31-51(48)58-61-56(60-57(62-58)50-30-15-13-28-47(41)50)40-18-17-27-46(35-40)64(43-21-7-2-8-22-43,44-23-9-3-10-24-44)45-25-11-4-12-26-45/h1-37H. The van der Waals surface area contributed by atoms with E-state index < -0.39 is 8.07 Å². The van der Waals surface area contributed by atoms with Crippen molar-refractivity contribution in [2.45, 2.75) is 0 Å². The summed E-state index contributed by atoms with van der Waals surface area (Å²) in [6.45, 7) is 0. The summed E-state index contributed by atoms with van der Waals surface area (Å²) >= 11 is 0. The lowest BCUT2D eigenvalue weighted by molar-refractivity contribution is 1.18. The topological polar surface area (TPSA) is 67.4 Å². The van der Waals surface area contributed by atoms with Gasteiger partial charge in [-0.2, -0.15) is 5.26 Å². The fraction of sp³-hybridized carbons (Fsp3) is 0. The van der Waals surface area contributed by atoms with Gasteiger partial charge in [-0.15, -0.1) is 0 Å². The average molecular weight is 832 g/mol. The Kier molecular flexibility index (Phi) is 8.82. The maximum absolute atomic E-state index is 10.1. The molecule has 4 bridgehead atoms. The van der Waals surface area contributed by atoms with E-state index in [1.54, 1.807) is 0 Å². The summed E-state index contributed by atoms with van der Waals surface area (Å²) in [5.74, 6) is 0.611. The normalized spacial score (nSPS) is 11.7. The van der Waals surface area contributed by atoms with Crippen LogP contribution in [0.4, 0.5) is 0 Å². The first-order valence-corrected chi connectivity index (χ1v) is 23.5. The highest BCUT2D eigenvalue weighted by Gasteiger charge is 2.41. The molecule has 298 valence electrons. The molecule has 0 aliphatic heterocycles. The Balaban J connectivity index is 1.21. The molecule has 0 N–H and O–H groups in total. The molecule has 0 radical (unpaired) electrons. The first kappa shape index (κ1) is 37.3. The number of hydrogen-bond donors (Lipinski definition) is 0. The number of nitrogens with zero attached hydrogens (tertiary/aromatic N) is 5. The van der Waals surface area contributed by atoms with Gasteiger partial charge in [0.1, 0.15) is 0 Å². The van der Waals surface area contributed by atoms with E-state index in [9.17, 15) is 5.26 Å². The molecule has 0 unspecified atom stereocenters. The van der Waals surface area contributed by atoms with E-state index in [0.29, 0.717) is 22.7 Å². The van der Waals surface area contributed by atoms with Gasteiger partial charge < -0.3 is 4.57 Å². The third-order valence-electron chi connectivity index (χ3n) is 12.8. The summed E-state index contributed by atoms with van der Waals surface area (Å²) in [7, 11) is -2.84. The Bertz CT molecular complexity index is 3750. The van der Waals surface area contributed by atoms with Crippen LogP contribution in [0.25, 0.3) is 82.5 Å². The van der Waals surface area contributed by atoms with Gasteiger partial charge in [0.15, 0.2) is 25.2 Å². The van der Waals surface area contributed by atoms with Gasteiger partial charge in [0.2, 0.25) is 0 Å². The molecule has 6 heteroatoms. The first-order chi connectivity index (χ1) is 31.7. The summed E-state index contributed by atoms with van der Waals surface area (Å²) in [6.07, 6.45) is 0. The lowest BCUT2D eigenvalue weighted by Gasteiger charge is -2.34. The van der Waals surface area contributed by atoms with Gasteiger partial charge in [0.25, 0.3) is 0 Å². The highest BCUT2D eigenvalue weighted by Crippen LogP contribution is 2.40. The van der Waals surface area contributed by atoms with Crippen LogP contribution in [-0.2, 0) is 0 Å². The smallest absolute Gasteiger partial charge is 0.179 e. The first-order valence-electron chi connectivity index (χ1n) is 21.5. The Labute approximate surface area is 370 Å². The molecule has 3 heterocycles. The van der Waals surface area contributed by atoms with Crippen molar-refractivity contribution in [3.05, 3.63) is 230 Å². The monoisotopic (exact) mass is 831 g/mol. The van der Waals surface area contributed by atoms with E-state index in [-0.39, 0.29) is 0 Å². The van der Waals surface area contributed by atoms with Crippen molar-refractivity contribution in [1.29, 1.82) is 5.26 Å². The lowest BCUT2D eigenvalue weighted by Crippen LogP contribution is -2.74. The molecule has 5 nitrogen and oxygen atoms in total. The van der Waals surface area contributed by atoms with Crippen LogP contribution >= 0.6 is 0 Å². The Morgan fingerprint density at radius 1 is 0.391 bits per heavy atom. The fourth-order valence-electron chi connectivity index (χ4n) is 9.97. The predicted octanol–water partition coefficient (Wildman–Crippen LogP) is 11.1. The summed E-state index contributed by atoms with van der Waals surface area (Å²) in [4.78, 5) is 16.1. The van der Waals surface area contributed by atoms with Gasteiger partial charge in [0.05, 0.1) is 22.7 Å². The van der Waals surface area contributed by atoms with Gasteiger partial charge in [-0.1, -0.05) is 188 Å². The van der Waals surface area contributed by atoms with E-state index in [4.69, 9.17) is 15.0 Å². The van der Waals surface area contributed by atoms with E-state index in [0.717, 1.165) is 65.4 Å². The molecule has 12 rings (SSSR count). The molecule has 0 saturated heterocycles. The Morgan fingerprint density at radius 3 is 1.48 bits per heavy atom. The van der Waals surface area contributed by atoms with E-state index >= 15 is 0 Å². The van der Waals surface area contributed by atoms with Crippen molar-refractivity contribution < 1.29 is 0 Å². The van der Waals surface area contributed by atoms with Gasteiger partial charge in [0, 0.05) is 38.2 Å². The van der Waals surface area contributed by atoms with Crippen LogP contribution < -0.4 is 20.7 Å². The van der Waals surface area contributed by atoms with E-state index in [1.807, 2.05) is 18.2 Å². The van der Waals surface area contributed by atoms with Gasteiger partial charge in [-0.3, -0.25) is 0 Å². The van der Waals surface area contributed by atoms with E-state index in [2.05, 4.69) is 217 Å². The minimum absolute atomic E-state index is 0.600.